The van der Waals surface area contributed by atoms with E-state index in [0.29, 0.717) is 12.1 Å². The van der Waals surface area contributed by atoms with Crippen LogP contribution in [0.15, 0.2) is 18.2 Å². The van der Waals surface area contributed by atoms with Gasteiger partial charge >= 0.3 is 5.97 Å². The van der Waals surface area contributed by atoms with Crippen LogP contribution in [-0.2, 0) is 6.54 Å². The lowest BCUT2D eigenvalue weighted by atomic mass is 10.0. The van der Waals surface area contributed by atoms with Gasteiger partial charge in [0.1, 0.15) is 0 Å². The molecule has 0 bridgehead atoms. The van der Waals surface area contributed by atoms with Gasteiger partial charge in [-0.15, -0.1) is 0 Å². The highest BCUT2D eigenvalue weighted by Gasteiger charge is 2.36. The summed E-state index contributed by atoms with van der Waals surface area (Å²) in [5.74, 6) is -1.15. The first-order valence-corrected chi connectivity index (χ1v) is 6.92. The number of carbonyl (C=O) groups excluding carboxylic acids is 1. The second-order valence-electron chi connectivity index (χ2n) is 5.61. The minimum absolute atomic E-state index is 0.118. The zero-order valence-electron chi connectivity index (χ0n) is 11.5. The monoisotopic (exact) mass is 274 g/mol. The average Bonchev–Trinajstić information content (AvgIpc) is 2.77. The molecular formula is C15H18N2O3. The van der Waals surface area contributed by atoms with E-state index in [4.69, 9.17) is 0 Å². The van der Waals surface area contributed by atoms with Gasteiger partial charge in [0, 0.05) is 12.6 Å². The van der Waals surface area contributed by atoms with Crippen molar-refractivity contribution in [3.8, 4) is 0 Å². The molecule has 0 saturated carbocycles. The molecule has 0 radical (unpaired) electrons. The second kappa shape index (κ2) is 4.90. The molecule has 1 amide bonds. The summed E-state index contributed by atoms with van der Waals surface area (Å²) in [6.07, 6.45) is 1.91. The lowest BCUT2D eigenvalue weighted by Crippen LogP contribution is -2.43. The van der Waals surface area contributed by atoms with Crippen molar-refractivity contribution >= 4 is 11.9 Å². The number of carbonyl (C=O) groups is 2. The molecule has 1 saturated heterocycles. The lowest BCUT2D eigenvalue weighted by Gasteiger charge is -2.35. The van der Waals surface area contributed by atoms with Gasteiger partial charge in [0.15, 0.2) is 0 Å². The Bertz CT molecular complexity index is 562. The van der Waals surface area contributed by atoms with Crippen LogP contribution in [0.3, 0.4) is 0 Å². The molecule has 1 aromatic rings. The summed E-state index contributed by atoms with van der Waals surface area (Å²) in [5, 5.41) is 9.22. The van der Waals surface area contributed by atoms with Gasteiger partial charge in [-0.2, -0.15) is 0 Å². The molecule has 0 atom stereocenters. The molecule has 0 aliphatic carbocycles. The Morgan fingerprint density at radius 1 is 1.30 bits per heavy atom. The van der Waals surface area contributed by atoms with Crippen molar-refractivity contribution in [2.45, 2.75) is 25.4 Å². The largest absolute Gasteiger partial charge is 0.478 e. The van der Waals surface area contributed by atoms with Gasteiger partial charge in [-0.1, -0.05) is 12.1 Å². The molecule has 2 aliphatic heterocycles. The molecule has 0 spiro atoms. The maximum Gasteiger partial charge on any atom is 0.336 e. The number of carboxylic acid groups (broad SMARTS) is 1. The summed E-state index contributed by atoms with van der Waals surface area (Å²) in [5.41, 5.74) is 1.36. The molecule has 5 nitrogen and oxygen atoms in total. The van der Waals surface area contributed by atoms with Crippen LogP contribution in [0.4, 0.5) is 0 Å². The van der Waals surface area contributed by atoms with Crippen molar-refractivity contribution in [2.24, 2.45) is 0 Å². The van der Waals surface area contributed by atoms with E-state index in [1.54, 1.807) is 6.07 Å². The van der Waals surface area contributed by atoms with Gasteiger partial charge in [-0.3, -0.25) is 4.79 Å². The fourth-order valence-electron chi connectivity index (χ4n) is 3.16. The van der Waals surface area contributed by atoms with Crippen LogP contribution in [0, 0.1) is 0 Å². The highest BCUT2D eigenvalue weighted by atomic mass is 16.4. The van der Waals surface area contributed by atoms with Crippen LogP contribution in [0.25, 0.3) is 0 Å². The number of benzene rings is 1. The Kier molecular flexibility index (Phi) is 3.22. The second-order valence-corrected chi connectivity index (χ2v) is 5.61. The van der Waals surface area contributed by atoms with E-state index >= 15 is 0 Å². The Morgan fingerprint density at radius 3 is 2.65 bits per heavy atom. The molecule has 0 aromatic heterocycles. The van der Waals surface area contributed by atoms with Crippen LogP contribution < -0.4 is 0 Å². The third kappa shape index (κ3) is 2.08. The summed E-state index contributed by atoms with van der Waals surface area (Å²) < 4.78 is 0. The van der Waals surface area contributed by atoms with Gasteiger partial charge in [-0.25, -0.2) is 4.79 Å². The van der Waals surface area contributed by atoms with E-state index in [2.05, 4.69) is 11.9 Å². The number of amides is 1. The van der Waals surface area contributed by atoms with Gasteiger partial charge in [0.05, 0.1) is 11.1 Å². The zero-order valence-corrected chi connectivity index (χ0v) is 11.5. The Morgan fingerprint density at radius 2 is 2.00 bits per heavy atom. The first-order chi connectivity index (χ1) is 9.58. The summed E-state index contributed by atoms with van der Waals surface area (Å²) in [7, 11) is 2.08. The topological polar surface area (TPSA) is 60.9 Å². The smallest absolute Gasteiger partial charge is 0.336 e. The minimum atomic E-state index is -1.03. The van der Waals surface area contributed by atoms with Crippen LogP contribution in [-0.4, -0.2) is 53.0 Å². The number of aromatic carboxylic acids is 1. The summed E-state index contributed by atoms with van der Waals surface area (Å²) >= 11 is 0. The van der Waals surface area contributed by atoms with Crippen molar-refractivity contribution in [3.63, 3.8) is 0 Å². The molecule has 2 heterocycles. The first kappa shape index (κ1) is 13.1. The van der Waals surface area contributed by atoms with Crippen LogP contribution in [0.5, 0.6) is 0 Å². The number of fused-ring (bicyclic) bond motifs is 1. The number of likely N-dealkylation sites (tertiary alicyclic amines) is 1. The number of hydrogen-bond donors (Lipinski definition) is 1. The Hall–Kier alpha value is -1.88. The van der Waals surface area contributed by atoms with E-state index < -0.39 is 5.97 Å². The van der Waals surface area contributed by atoms with Gasteiger partial charge in [-0.05, 0) is 44.6 Å². The van der Waals surface area contributed by atoms with Crippen molar-refractivity contribution in [3.05, 3.63) is 34.9 Å². The lowest BCUT2D eigenvalue weighted by molar-refractivity contribution is 0.0603. The fourth-order valence-corrected chi connectivity index (χ4v) is 3.16. The van der Waals surface area contributed by atoms with Crippen molar-refractivity contribution in [2.75, 3.05) is 20.1 Å². The standard InChI is InChI=1S/C15H18N2O3/c1-16-7-5-11(6-8-16)17-9-10-3-2-4-12(15(19)20)13(10)14(17)18/h2-4,11H,5-9H2,1H3,(H,19,20). The predicted molar refractivity (Wildman–Crippen MR) is 73.8 cm³/mol. The van der Waals surface area contributed by atoms with Crippen molar-refractivity contribution < 1.29 is 14.7 Å². The molecule has 20 heavy (non-hydrogen) atoms. The van der Waals surface area contributed by atoms with Crippen LogP contribution >= 0.6 is 0 Å². The number of rotatable bonds is 2. The SMILES string of the molecule is CN1CCC(N2Cc3cccc(C(=O)O)c3C2=O)CC1. The quantitative estimate of drug-likeness (QED) is 0.886. The van der Waals surface area contributed by atoms with Crippen molar-refractivity contribution in [1.29, 1.82) is 0 Å². The van der Waals surface area contributed by atoms with Gasteiger partial charge in [0.2, 0.25) is 0 Å². The average molecular weight is 274 g/mol. The van der Waals surface area contributed by atoms with E-state index in [0.717, 1.165) is 31.5 Å². The molecule has 1 fully saturated rings. The van der Waals surface area contributed by atoms with Gasteiger partial charge < -0.3 is 14.9 Å². The van der Waals surface area contributed by atoms with E-state index in [1.165, 1.54) is 6.07 Å². The first-order valence-electron chi connectivity index (χ1n) is 6.92. The predicted octanol–water partition coefficient (Wildman–Crippen LogP) is 1.43. The highest BCUT2D eigenvalue weighted by molar-refractivity contribution is 6.07. The van der Waals surface area contributed by atoms with E-state index in [-0.39, 0.29) is 17.5 Å². The third-order valence-corrected chi connectivity index (χ3v) is 4.33. The summed E-state index contributed by atoms with van der Waals surface area (Å²) in [4.78, 5) is 27.9. The number of hydrogen-bond acceptors (Lipinski definition) is 3. The molecule has 1 aromatic carbocycles. The van der Waals surface area contributed by atoms with Gasteiger partial charge in [0.25, 0.3) is 5.91 Å². The Balaban J connectivity index is 1.87. The molecule has 1 N–H and O–H groups in total. The third-order valence-electron chi connectivity index (χ3n) is 4.33. The molecule has 3 rings (SSSR count). The molecule has 5 heteroatoms. The maximum atomic E-state index is 12.6. The van der Waals surface area contributed by atoms with Crippen molar-refractivity contribution in [1.82, 2.24) is 9.80 Å². The maximum absolute atomic E-state index is 12.6. The molecule has 0 unspecified atom stereocenters. The van der Waals surface area contributed by atoms with E-state index in [9.17, 15) is 14.7 Å². The summed E-state index contributed by atoms with van der Waals surface area (Å²) in [6.45, 7) is 2.51. The number of nitrogens with zero attached hydrogens (tertiary/aromatic N) is 2. The summed E-state index contributed by atoms with van der Waals surface area (Å²) in [6, 6.07) is 5.31. The molecular weight excluding hydrogens is 256 g/mol. The highest BCUT2D eigenvalue weighted by Crippen LogP contribution is 2.30. The van der Waals surface area contributed by atoms with E-state index in [1.807, 2.05) is 11.0 Å². The van der Waals surface area contributed by atoms with Crippen LogP contribution in [0.1, 0.15) is 39.1 Å². The number of piperidine rings is 1. The molecule has 106 valence electrons. The Labute approximate surface area is 117 Å². The minimum Gasteiger partial charge on any atom is -0.478 e. The fraction of sp³-hybridized carbons (Fsp3) is 0.467. The number of carboxylic acids is 1. The zero-order chi connectivity index (χ0) is 14.3. The van der Waals surface area contributed by atoms with Crippen LogP contribution in [0.2, 0.25) is 0 Å². The normalized spacial score (nSPS) is 20.2. The molecule has 2 aliphatic rings.